The predicted molar refractivity (Wildman–Crippen MR) is 109 cm³/mol. The van der Waals surface area contributed by atoms with E-state index in [-0.39, 0.29) is 5.91 Å². The largest absolute Gasteiger partial charge is 0.489 e. The third-order valence-electron chi connectivity index (χ3n) is 4.45. The molecule has 0 aliphatic rings. The number of nitrogens with zero attached hydrogens (tertiary/aromatic N) is 1. The zero-order valence-corrected chi connectivity index (χ0v) is 15.4. The van der Waals surface area contributed by atoms with Crippen molar-refractivity contribution in [1.29, 1.82) is 0 Å². The van der Waals surface area contributed by atoms with Crippen LogP contribution in [0.1, 0.15) is 21.7 Å². The van der Waals surface area contributed by atoms with Gasteiger partial charge in [0.25, 0.3) is 5.91 Å². The van der Waals surface area contributed by atoms with Gasteiger partial charge in [0.2, 0.25) is 0 Å². The van der Waals surface area contributed by atoms with Crippen LogP contribution in [0.3, 0.4) is 0 Å². The fourth-order valence-corrected chi connectivity index (χ4v) is 2.96. The number of carbonyl (C=O) groups excluding carboxylic acids is 1. The summed E-state index contributed by atoms with van der Waals surface area (Å²) < 4.78 is 5.72. The van der Waals surface area contributed by atoms with Gasteiger partial charge in [0.1, 0.15) is 18.2 Å². The van der Waals surface area contributed by atoms with E-state index in [9.17, 15) is 4.79 Å². The minimum absolute atomic E-state index is 0.0911. The van der Waals surface area contributed by atoms with E-state index in [1.54, 1.807) is 0 Å². The molecule has 1 heterocycles. The summed E-state index contributed by atoms with van der Waals surface area (Å²) in [6, 6.07) is 25.0. The number of fused-ring (bicyclic) bond motifs is 1. The van der Waals surface area contributed by atoms with Crippen LogP contribution in [-0.2, 0) is 13.0 Å². The van der Waals surface area contributed by atoms with Crippen LogP contribution in [0.25, 0.3) is 11.0 Å². The number of H-pyrrole nitrogens is 1. The molecule has 0 aliphatic carbocycles. The molecule has 0 saturated heterocycles. The number of amides is 1. The van der Waals surface area contributed by atoms with Crippen LogP contribution in [-0.4, -0.2) is 22.4 Å². The van der Waals surface area contributed by atoms with Crippen molar-refractivity contribution in [3.63, 3.8) is 0 Å². The molecule has 0 bridgehead atoms. The summed E-state index contributed by atoms with van der Waals surface area (Å²) in [6.45, 7) is 0.996. The van der Waals surface area contributed by atoms with Crippen LogP contribution in [0.5, 0.6) is 5.75 Å². The van der Waals surface area contributed by atoms with Crippen molar-refractivity contribution < 1.29 is 9.53 Å². The Bertz CT molecular complexity index is 1020. The van der Waals surface area contributed by atoms with Crippen molar-refractivity contribution in [1.82, 2.24) is 15.3 Å². The molecule has 5 heteroatoms. The van der Waals surface area contributed by atoms with Crippen molar-refractivity contribution >= 4 is 16.9 Å². The Labute approximate surface area is 163 Å². The number of ether oxygens (including phenoxy) is 1. The molecule has 5 nitrogen and oxygen atoms in total. The zero-order valence-electron chi connectivity index (χ0n) is 15.4. The van der Waals surface area contributed by atoms with E-state index in [1.807, 2.05) is 78.9 Å². The van der Waals surface area contributed by atoms with E-state index in [0.717, 1.165) is 28.2 Å². The molecule has 2 N–H and O–H groups in total. The smallest absolute Gasteiger partial charge is 0.251 e. The number of aromatic nitrogens is 2. The molecule has 0 fully saturated rings. The van der Waals surface area contributed by atoms with Gasteiger partial charge >= 0.3 is 0 Å². The van der Waals surface area contributed by atoms with Crippen LogP contribution in [0, 0.1) is 0 Å². The molecule has 0 aliphatic heterocycles. The van der Waals surface area contributed by atoms with Crippen molar-refractivity contribution in [2.75, 3.05) is 6.54 Å². The average Bonchev–Trinajstić information content (AvgIpc) is 3.16. The average molecular weight is 371 g/mol. The minimum atomic E-state index is -0.0911. The third-order valence-corrected chi connectivity index (χ3v) is 4.45. The Morgan fingerprint density at radius 3 is 2.46 bits per heavy atom. The Morgan fingerprint density at radius 1 is 0.929 bits per heavy atom. The maximum Gasteiger partial charge on any atom is 0.251 e. The summed E-state index contributed by atoms with van der Waals surface area (Å²) in [6.07, 6.45) is 0.656. The quantitative estimate of drug-likeness (QED) is 0.514. The van der Waals surface area contributed by atoms with E-state index in [0.29, 0.717) is 25.1 Å². The SMILES string of the molecule is O=C(NCCc1nc2ccccc2[nH]1)c1ccc(COc2ccccc2)cc1. The van der Waals surface area contributed by atoms with E-state index < -0.39 is 0 Å². The molecular weight excluding hydrogens is 350 g/mol. The Kier molecular flexibility index (Phi) is 5.33. The number of benzene rings is 3. The minimum Gasteiger partial charge on any atom is -0.489 e. The summed E-state index contributed by atoms with van der Waals surface area (Å²) in [7, 11) is 0. The van der Waals surface area contributed by atoms with Crippen LogP contribution in [0.2, 0.25) is 0 Å². The first-order chi connectivity index (χ1) is 13.8. The second-order valence-electron chi connectivity index (χ2n) is 6.51. The maximum absolute atomic E-state index is 12.3. The first-order valence-corrected chi connectivity index (χ1v) is 9.26. The van der Waals surface area contributed by atoms with Crippen molar-refractivity contribution in [2.24, 2.45) is 0 Å². The number of imidazole rings is 1. The Morgan fingerprint density at radius 2 is 1.68 bits per heavy atom. The maximum atomic E-state index is 12.3. The van der Waals surface area contributed by atoms with Gasteiger partial charge in [-0.3, -0.25) is 4.79 Å². The first-order valence-electron chi connectivity index (χ1n) is 9.26. The second-order valence-corrected chi connectivity index (χ2v) is 6.51. The standard InChI is InChI=1S/C23H21N3O2/c27-23(24-15-14-22-25-20-8-4-5-9-21(20)26-22)18-12-10-17(11-13-18)16-28-19-6-2-1-3-7-19/h1-13H,14-16H2,(H,24,27)(H,25,26). The third kappa shape index (κ3) is 4.38. The van der Waals surface area contributed by atoms with Crippen LogP contribution in [0.4, 0.5) is 0 Å². The lowest BCUT2D eigenvalue weighted by atomic mass is 10.1. The van der Waals surface area contributed by atoms with Gasteiger partial charge in [-0.25, -0.2) is 4.98 Å². The molecular formula is C23H21N3O2. The number of para-hydroxylation sites is 3. The van der Waals surface area contributed by atoms with E-state index in [4.69, 9.17) is 4.74 Å². The van der Waals surface area contributed by atoms with Gasteiger partial charge in [-0.05, 0) is 42.0 Å². The molecule has 0 atom stereocenters. The number of rotatable bonds is 7. The molecule has 4 aromatic rings. The van der Waals surface area contributed by atoms with E-state index in [1.165, 1.54) is 0 Å². The number of hydrogen-bond acceptors (Lipinski definition) is 3. The lowest BCUT2D eigenvalue weighted by molar-refractivity contribution is 0.0954. The molecule has 3 aromatic carbocycles. The van der Waals surface area contributed by atoms with Crippen LogP contribution in [0.15, 0.2) is 78.9 Å². The lowest BCUT2D eigenvalue weighted by Gasteiger charge is -2.07. The monoisotopic (exact) mass is 371 g/mol. The fourth-order valence-electron chi connectivity index (χ4n) is 2.96. The van der Waals surface area contributed by atoms with Gasteiger partial charge in [-0.15, -0.1) is 0 Å². The highest BCUT2D eigenvalue weighted by Gasteiger charge is 2.07. The molecule has 1 aromatic heterocycles. The number of hydrogen-bond donors (Lipinski definition) is 2. The highest BCUT2D eigenvalue weighted by Crippen LogP contribution is 2.13. The van der Waals surface area contributed by atoms with E-state index >= 15 is 0 Å². The molecule has 1 amide bonds. The molecule has 4 rings (SSSR count). The zero-order chi connectivity index (χ0) is 19.2. The molecule has 0 saturated carbocycles. The Hall–Kier alpha value is -3.60. The highest BCUT2D eigenvalue weighted by molar-refractivity contribution is 5.94. The van der Waals surface area contributed by atoms with Crippen LogP contribution >= 0.6 is 0 Å². The summed E-state index contributed by atoms with van der Waals surface area (Å²) in [5, 5.41) is 2.94. The van der Waals surface area contributed by atoms with Gasteiger partial charge in [-0.2, -0.15) is 0 Å². The lowest BCUT2D eigenvalue weighted by Crippen LogP contribution is -2.25. The summed E-state index contributed by atoms with van der Waals surface area (Å²) >= 11 is 0. The first kappa shape index (κ1) is 17.8. The normalized spacial score (nSPS) is 10.7. The van der Waals surface area contributed by atoms with Gasteiger partial charge in [-0.1, -0.05) is 42.5 Å². The predicted octanol–water partition coefficient (Wildman–Crippen LogP) is 4.11. The topological polar surface area (TPSA) is 67.0 Å². The molecule has 0 spiro atoms. The molecule has 140 valence electrons. The summed E-state index contributed by atoms with van der Waals surface area (Å²) in [4.78, 5) is 20.1. The van der Waals surface area contributed by atoms with Gasteiger partial charge in [0.15, 0.2) is 0 Å². The number of aromatic amines is 1. The highest BCUT2D eigenvalue weighted by atomic mass is 16.5. The Balaban J connectivity index is 1.27. The summed E-state index contributed by atoms with van der Waals surface area (Å²) in [5.74, 6) is 1.61. The molecule has 0 unspecified atom stereocenters. The second kappa shape index (κ2) is 8.39. The van der Waals surface area contributed by atoms with E-state index in [2.05, 4.69) is 15.3 Å². The fraction of sp³-hybridized carbons (Fsp3) is 0.130. The van der Waals surface area contributed by atoms with Gasteiger partial charge in [0.05, 0.1) is 11.0 Å². The summed E-state index contributed by atoms with van der Waals surface area (Å²) in [5.41, 5.74) is 3.60. The van der Waals surface area contributed by atoms with Gasteiger partial charge in [0, 0.05) is 18.5 Å². The number of nitrogens with one attached hydrogen (secondary N) is 2. The van der Waals surface area contributed by atoms with Crippen molar-refractivity contribution in [2.45, 2.75) is 13.0 Å². The van der Waals surface area contributed by atoms with Crippen LogP contribution < -0.4 is 10.1 Å². The van der Waals surface area contributed by atoms with Crippen molar-refractivity contribution in [3.05, 3.63) is 95.8 Å². The van der Waals surface area contributed by atoms with Crippen molar-refractivity contribution in [3.8, 4) is 5.75 Å². The number of carbonyl (C=O) groups is 1. The molecule has 28 heavy (non-hydrogen) atoms. The van der Waals surface area contributed by atoms with Gasteiger partial charge < -0.3 is 15.0 Å². The molecule has 0 radical (unpaired) electrons.